The van der Waals surface area contributed by atoms with Gasteiger partial charge in [0.05, 0.1) is 12.2 Å². The van der Waals surface area contributed by atoms with E-state index in [1.165, 1.54) is 10.7 Å². The molecule has 0 aliphatic rings. The first kappa shape index (κ1) is 15.2. The molecule has 2 rings (SSSR count). The highest BCUT2D eigenvalue weighted by atomic mass is 19.1. The van der Waals surface area contributed by atoms with Gasteiger partial charge in [0.2, 0.25) is 5.91 Å². The van der Waals surface area contributed by atoms with Gasteiger partial charge in [-0.3, -0.25) is 4.79 Å². The van der Waals surface area contributed by atoms with Crippen molar-refractivity contribution in [3.63, 3.8) is 0 Å². The molecule has 0 saturated carbocycles. The summed E-state index contributed by atoms with van der Waals surface area (Å²) in [6.07, 6.45) is 4.80. The van der Waals surface area contributed by atoms with Gasteiger partial charge in [0.25, 0.3) is 0 Å². The maximum atomic E-state index is 14.1. The Hall–Kier alpha value is -2.21. The molecule has 0 spiro atoms. The Morgan fingerprint density at radius 1 is 1.52 bits per heavy atom. The quantitative estimate of drug-likeness (QED) is 0.888. The van der Waals surface area contributed by atoms with E-state index >= 15 is 0 Å². The van der Waals surface area contributed by atoms with Crippen LogP contribution in [-0.2, 0) is 4.79 Å². The lowest BCUT2D eigenvalue weighted by Gasteiger charge is -2.12. The molecular formula is C15H19FN4O. The summed E-state index contributed by atoms with van der Waals surface area (Å²) >= 11 is 0. The molecule has 1 heterocycles. The summed E-state index contributed by atoms with van der Waals surface area (Å²) in [4.78, 5) is 11.8. The lowest BCUT2D eigenvalue weighted by molar-refractivity contribution is -0.117. The average molecular weight is 290 g/mol. The molecule has 0 saturated heterocycles. The third-order valence-electron chi connectivity index (χ3n) is 3.11. The van der Waals surface area contributed by atoms with Crippen LogP contribution in [0.3, 0.4) is 0 Å². The van der Waals surface area contributed by atoms with Crippen LogP contribution in [0.5, 0.6) is 0 Å². The van der Waals surface area contributed by atoms with Gasteiger partial charge in [-0.25, -0.2) is 9.07 Å². The number of carbonyl (C=O) groups is 1. The number of amides is 1. The fraction of sp³-hybridized carbons (Fsp3) is 0.333. The van der Waals surface area contributed by atoms with Crippen LogP contribution in [0.1, 0.15) is 25.3 Å². The van der Waals surface area contributed by atoms with E-state index in [0.29, 0.717) is 17.8 Å². The summed E-state index contributed by atoms with van der Waals surface area (Å²) in [6, 6.07) is 3.89. The summed E-state index contributed by atoms with van der Waals surface area (Å²) in [5, 5.41) is 6.68. The fourth-order valence-electron chi connectivity index (χ4n) is 1.99. The Morgan fingerprint density at radius 2 is 2.29 bits per heavy atom. The number of nitrogens with two attached hydrogens (primary N) is 1. The van der Waals surface area contributed by atoms with Crippen molar-refractivity contribution in [1.82, 2.24) is 9.78 Å². The summed E-state index contributed by atoms with van der Waals surface area (Å²) in [7, 11) is 0. The van der Waals surface area contributed by atoms with E-state index in [0.717, 1.165) is 12.0 Å². The highest BCUT2D eigenvalue weighted by Crippen LogP contribution is 2.18. The lowest BCUT2D eigenvalue weighted by atomic mass is 10.1. The zero-order chi connectivity index (χ0) is 15.4. The van der Waals surface area contributed by atoms with Gasteiger partial charge >= 0.3 is 0 Å². The van der Waals surface area contributed by atoms with Crippen LogP contribution in [-0.4, -0.2) is 21.7 Å². The van der Waals surface area contributed by atoms with Crippen LogP contribution >= 0.6 is 0 Å². The van der Waals surface area contributed by atoms with Crippen LogP contribution in [0.25, 0.3) is 5.69 Å². The van der Waals surface area contributed by atoms with Gasteiger partial charge in [-0.1, -0.05) is 13.3 Å². The Balaban J connectivity index is 2.14. The summed E-state index contributed by atoms with van der Waals surface area (Å²) in [5.41, 5.74) is 7.38. The van der Waals surface area contributed by atoms with Crippen LogP contribution < -0.4 is 11.1 Å². The molecule has 6 heteroatoms. The normalized spacial score (nSPS) is 12.2. The molecule has 0 aliphatic heterocycles. The van der Waals surface area contributed by atoms with Gasteiger partial charge in [0.15, 0.2) is 5.82 Å². The van der Waals surface area contributed by atoms with Crippen molar-refractivity contribution in [2.24, 2.45) is 5.73 Å². The van der Waals surface area contributed by atoms with Crippen molar-refractivity contribution < 1.29 is 9.18 Å². The lowest BCUT2D eigenvalue weighted by Crippen LogP contribution is -2.35. The Morgan fingerprint density at radius 3 is 2.86 bits per heavy atom. The van der Waals surface area contributed by atoms with Crippen molar-refractivity contribution in [3.05, 3.63) is 42.0 Å². The van der Waals surface area contributed by atoms with E-state index in [9.17, 15) is 9.18 Å². The number of aromatic nitrogens is 2. The monoisotopic (exact) mass is 290 g/mol. The molecule has 112 valence electrons. The smallest absolute Gasteiger partial charge is 0.241 e. The topological polar surface area (TPSA) is 72.9 Å². The first-order valence-electron chi connectivity index (χ1n) is 6.89. The minimum absolute atomic E-state index is 0.307. The second-order valence-electron chi connectivity index (χ2n) is 5.01. The highest BCUT2D eigenvalue weighted by molar-refractivity contribution is 5.94. The summed E-state index contributed by atoms with van der Waals surface area (Å²) < 4.78 is 15.6. The minimum Gasteiger partial charge on any atom is -0.325 e. The van der Waals surface area contributed by atoms with Gasteiger partial charge in [-0.05, 0) is 37.1 Å². The van der Waals surface area contributed by atoms with Crippen molar-refractivity contribution in [1.29, 1.82) is 0 Å². The van der Waals surface area contributed by atoms with E-state index in [-0.39, 0.29) is 5.91 Å². The molecule has 0 fully saturated rings. The van der Waals surface area contributed by atoms with Gasteiger partial charge in [-0.2, -0.15) is 5.10 Å². The number of nitrogens with one attached hydrogen (secondary N) is 1. The SMILES string of the molecule is CCCC(N)C(=O)Nc1ccc(-n2cc(C)cn2)c(F)c1. The maximum absolute atomic E-state index is 14.1. The number of rotatable bonds is 5. The second-order valence-corrected chi connectivity index (χ2v) is 5.01. The highest BCUT2D eigenvalue weighted by Gasteiger charge is 2.13. The Bertz CT molecular complexity index is 638. The molecule has 1 amide bonds. The Kier molecular flexibility index (Phi) is 4.70. The van der Waals surface area contributed by atoms with Crippen molar-refractivity contribution in [2.75, 3.05) is 5.32 Å². The third-order valence-corrected chi connectivity index (χ3v) is 3.11. The number of nitrogens with zero attached hydrogens (tertiary/aromatic N) is 2. The molecule has 2 aromatic rings. The number of carbonyl (C=O) groups excluding carboxylic acids is 1. The number of halogens is 1. The molecule has 5 nitrogen and oxygen atoms in total. The first-order valence-corrected chi connectivity index (χ1v) is 6.89. The van der Waals surface area contributed by atoms with Crippen molar-refractivity contribution >= 4 is 11.6 Å². The molecule has 0 aliphatic carbocycles. The number of aryl methyl sites for hydroxylation is 1. The van der Waals surface area contributed by atoms with E-state index in [2.05, 4.69) is 10.4 Å². The van der Waals surface area contributed by atoms with Gasteiger partial charge in [0.1, 0.15) is 5.69 Å². The second kappa shape index (κ2) is 6.49. The molecule has 3 N–H and O–H groups in total. The first-order chi connectivity index (χ1) is 10.0. The molecule has 1 aromatic carbocycles. The van der Waals surface area contributed by atoms with Gasteiger partial charge in [0, 0.05) is 11.9 Å². The van der Waals surface area contributed by atoms with Crippen LogP contribution in [0.15, 0.2) is 30.6 Å². The van der Waals surface area contributed by atoms with Crippen LogP contribution in [0.2, 0.25) is 0 Å². The van der Waals surface area contributed by atoms with Gasteiger partial charge < -0.3 is 11.1 Å². The van der Waals surface area contributed by atoms with Crippen molar-refractivity contribution in [2.45, 2.75) is 32.7 Å². The zero-order valence-corrected chi connectivity index (χ0v) is 12.1. The predicted molar refractivity (Wildman–Crippen MR) is 79.8 cm³/mol. The number of hydrogen-bond acceptors (Lipinski definition) is 3. The third kappa shape index (κ3) is 3.66. The summed E-state index contributed by atoms with van der Waals surface area (Å²) in [5.74, 6) is -0.765. The molecule has 0 bridgehead atoms. The standard InChI is InChI=1S/C15H19FN4O/c1-3-4-13(17)15(21)19-11-5-6-14(12(16)7-11)20-9-10(2)8-18-20/h5-9,13H,3-4,17H2,1-2H3,(H,19,21). The van der Waals surface area contributed by atoms with E-state index < -0.39 is 11.9 Å². The summed E-state index contributed by atoms with van der Waals surface area (Å²) in [6.45, 7) is 3.83. The molecule has 0 radical (unpaired) electrons. The molecule has 21 heavy (non-hydrogen) atoms. The fourth-order valence-corrected chi connectivity index (χ4v) is 1.99. The largest absolute Gasteiger partial charge is 0.325 e. The number of hydrogen-bond donors (Lipinski definition) is 2. The Labute approximate surface area is 123 Å². The number of anilines is 1. The maximum Gasteiger partial charge on any atom is 0.241 e. The van der Waals surface area contributed by atoms with Crippen molar-refractivity contribution in [3.8, 4) is 5.69 Å². The van der Waals surface area contributed by atoms with Crippen LogP contribution in [0.4, 0.5) is 10.1 Å². The molecule has 1 aromatic heterocycles. The van der Waals surface area contributed by atoms with E-state index in [4.69, 9.17) is 5.73 Å². The zero-order valence-electron chi connectivity index (χ0n) is 12.1. The molecule has 1 atom stereocenters. The predicted octanol–water partition coefficient (Wildman–Crippen LogP) is 2.39. The molecular weight excluding hydrogens is 271 g/mol. The molecule has 1 unspecified atom stereocenters. The van der Waals surface area contributed by atoms with Crippen LogP contribution in [0, 0.1) is 12.7 Å². The number of benzene rings is 1. The van der Waals surface area contributed by atoms with E-state index in [1.54, 1.807) is 24.5 Å². The van der Waals surface area contributed by atoms with Gasteiger partial charge in [-0.15, -0.1) is 0 Å². The minimum atomic E-state index is -0.577. The average Bonchev–Trinajstić information content (AvgIpc) is 2.85. The van der Waals surface area contributed by atoms with E-state index in [1.807, 2.05) is 13.8 Å².